The van der Waals surface area contributed by atoms with E-state index in [0.717, 1.165) is 17.7 Å². The van der Waals surface area contributed by atoms with Crippen molar-refractivity contribution in [1.29, 1.82) is 0 Å². The Balaban J connectivity index is 1.38. The van der Waals surface area contributed by atoms with Gasteiger partial charge in [-0.2, -0.15) is 13.2 Å². The van der Waals surface area contributed by atoms with Crippen LogP contribution in [0.2, 0.25) is 0 Å². The van der Waals surface area contributed by atoms with Crippen LogP contribution in [-0.4, -0.2) is 46.4 Å². The second kappa shape index (κ2) is 8.18. The number of urea groups is 2. The first-order valence-corrected chi connectivity index (χ1v) is 10.1. The van der Waals surface area contributed by atoms with Crippen molar-refractivity contribution < 1.29 is 27.6 Å². The molecule has 2 saturated heterocycles. The Morgan fingerprint density at radius 3 is 2.38 bits per heavy atom. The summed E-state index contributed by atoms with van der Waals surface area (Å²) in [5.74, 6) is -0.329. The Hall–Kier alpha value is -3.56. The standard InChI is InChI=1S/C22H21F3N4O3/c23-22(24,25)16-7-4-8-17(13-16)26-19(31)28-11-9-21(10-12-28)18(30)29(20(32)27-21)14-15-5-2-1-3-6-15/h1-8,13H,9-12,14H2,(H,26,31)(H,27,32). The van der Waals surface area contributed by atoms with Crippen molar-refractivity contribution in [1.82, 2.24) is 15.1 Å². The molecule has 0 aliphatic carbocycles. The third-order valence-corrected chi connectivity index (χ3v) is 5.77. The Bertz CT molecular complexity index is 1030. The maximum Gasteiger partial charge on any atom is 0.416 e. The number of carbonyl (C=O) groups is 3. The first-order valence-electron chi connectivity index (χ1n) is 10.1. The average molecular weight is 446 g/mol. The fourth-order valence-corrected chi connectivity index (χ4v) is 3.99. The number of imide groups is 1. The van der Waals surface area contributed by atoms with E-state index in [1.807, 2.05) is 30.3 Å². The zero-order chi connectivity index (χ0) is 22.9. The van der Waals surface area contributed by atoms with E-state index < -0.39 is 29.3 Å². The highest BCUT2D eigenvalue weighted by molar-refractivity contribution is 6.07. The molecule has 168 valence electrons. The molecule has 2 aromatic rings. The topological polar surface area (TPSA) is 81.8 Å². The van der Waals surface area contributed by atoms with Crippen LogP contribution in [0.1, 0.15) is 24.0 Å². The molecule has 2 N–H and O–H groups in total. The quantitative estimate of drug-likeness (QED) is 0.704. The van der Waals surface area contributed by atoms with Gasteiger partial charge in [0.25, 0.3) is 5.91 Å². The molecule has 7 nitrogen and oxygen atoms in total. The molecule has 0 atom stereocenters. The van der Waals surface area contributed by atoms with E-state index in [2.05, 4.69) is 10.6 Å². The number of nitrogens with one attached hydrogen (secondary N) is 2. The summed E-state index contributed by atoms with van der Waals surface area (Å²) in [6.45, 7) is 0.513. The highest BCUT2D eigenvalue weighted by atomic mass is 19.4. The van der Waals surface area contributed by atoms with Crippen molar-refractivity contribution in [2.75, 3.05) is 18.4 Å². The zero-order valence-electron chi connectivity index (χ0n) is 17.0. The van der Waals surface area contributed by atoms with Gasteiger partial charge in [0.1, 0.15) is 5.54 Å². The van der Waals surface area contributed by atoms with E-state index in [-0.39, 0.29) is 44.1 Å². The van der Waals surface area contributed by atoms with Gasteiger partial charge in [-0.15, -0.1) is 0 Å². The molecule has 0 bridgehead atoms. The summed E-state index contributed by atoms with van der Waals surface area (Å²) in [6.07, 6.45) is -4.07. The van der Waals surface area contributed by atoms with E-state index in [4.69, 9.17) is 0 Å². The molecule has 2 fully saturated rings. The van der Waals surface area contributed by atoms with Crippen LogP contribution in [0.15, 0.2) is 54.6 Å². The van der Waals surface area contributed by atoms with E-state index in [1.165, 1.54) is 21.9 Å². The number of likely N-dealkylation sites (tertiary alicyclic amines) is 1. The molecule has 5 amide bonds. The van der Waals surface area contributed by atoms with Crippen LogP contribution < -0.4 is 10.6 Å². The fourth-order valence-electron chi connectivity index (χ4n) is 3.99. The number of hydrogen-bond donors (Lipinski definition) is 2. The summed E-state index contributed by atoms with van der Waals surface area (Å²) in [5.41, 5.74) is -1.07. The van der Waals surface area contributed by atoms with Gasteiger partial charge in [0, 0.05) is 18.8 Å². The summed E-state index contributed by atoms with van der Waals surface area (Å²) < 4.78 is 38.6. The molecule has 0 saturated carbocycles. The minimum Gasteiger partial charge on any atom is -0.324 e. The lowest BCUT2D eigenvalue weighted by molar-refractivity contribution is -0.137. The number of rotatable bonds is 3. The van der Waals surface area contributed by atoms with Gasteiger partial charge in [-0.05, 0) is 36.6 Å². The van der Waals surface area contributed by atoms with Crippen molar-refractivity contribution in [3.05, 3.63) is 65.7 Å². The van der Waals surface area contributed by atoms with Crippen molar-refractivity contribution in [2.45, 2.75) is 31.1 Å². The van der Waals surface area contributed by atoms with Crippen LogP contribution >= 0.6 is 0 Å². The molecule has 0 unspecified atom stereocenters. The van der Waals surface area contributed by atoms with Gasteiger partial charge in [-0.25, -0.2) is 9.59 Å². The number of piperidine rings is 1. The number of carbonyl (C=O) groups excluding carboxylic acids is 3. The number of halogens is 3. The summed E-state index contributed by atoms with van der Waals surface area (Å²) in [6, 6.07) is 12.5. The van der Waals surface area contributed by atoms with Gasteiger partial charge in [-0.3, -0.25) is 9.69 Å². The summed E-state index contributed by atoms with van der Waals surface area (Å²) in [4.78, 5) is 40.6. The third kappa shape index (κ3) is 4.25. The maximum absolute atomic E-state index is 13.0. The number of anilines is 1. The highest BCUT2D eigenvalue weighted by Crippen LogP contribution is 2.32. The molecule has 10 heteroatoms. The lowest BCUT2D eigenvalue weighted by atomic mass is 9.87. The Morgan fingerprint density at radius 2 is 1.72 bits per heavy atom. The maximum atomic E-state index is 13.0. The van der Waals surface area contributed by atoms with Gasteiger partial charge in [0.05, 0.1) is 12.1 Å². The van der Waals surface area contributed by atoms with Gasteiger partial charge in [-0.1, -0.05) is 36.4 Å². The van der Waals surface area contributed by atoms with Gasteiger partial charge in [0.2, 0.25) is 0 Å². The van der Waals surface area contributed by atoms with E-state index in [9.17, 15) is 27.6 Å². The average Bonchev–Trinajstić information content (AvgIpc) is 2.98. The number of benzene rings is 2. The molecule has 0 radical (unpaired) electrons. The Morgan fingerprint density at radius 1 is 1.03 bits per heavy atom. The molecule has 0 aromatic heterocycles. The van der Waals surface area contributed by atoms with Crippen molar-refractivity contribution in [3.8, 4) is 0 Å². The predicted molar refractivity (Wildman–Crippen MR) is 110 cm³/mol. The monoisotopic (exact) mass is 446 g/mol. The van der Waals surface area contributed by atoms with Gasteiger partial charge >= 0.3 is 18.2 Å². The number of nitrogens with zero attached hydrogens (tertiary/aromatic N) is 2. The van der Waals surface area contributed by atoms with Crippen molar-refractivity contribution >= 4 is 23.7 Å². The van der Waals surface area contributed by atoms with E-state index in [0.29, 0.717) is 0 Å². The third-order valence-electron chi connectivity index (χ3n) is 5.77. The number of alkyl halides is 3. The minimum atomic E-state index is -4.51. The second-order valence-electron chi connectivity index (χ2n) is 7.88. The predicted octanol–water partition coefficient (Wildman–Crippen LogP) is 3.82. The Labute approximate surface area is 182 Å². The summed E-state index contributed by atoms with van der Waals surface area (Å²) >= 11 is 0. The van der Waals surface area contributed by atoms with Crippen LogP contribution in [-0.2, 0) is 17.5 Å². The van der Waals surface area contributed by atoms with Crippen molar-refractivity contribution in [3.63, 3.8) is 0 Å². The van der Waals surface area contributed by atoms with Gasteiger partial charge in [0.15, 0.2) is 0 Å². The second-order valence-corrected chi connectivity index (χ2v) is 7.88. The molecule has 2 aromatic carbocycles. The SMILES string of the molecule is O=C(Nc1cccc(C(F)(F)F)c1)N1CCC2(CC1)NC(=O)N(Cc1ccccc1)C2=O. The summed E-state index contributed by atoms with van der Waals surface area (Å²) in [7, 11) is 0. The highest BCUT2D eigenvalue weighted by Gasteiger charge is 2.52. The van der Waals surface area contributed by atoms with E-state index >= 15 is 0 Å². The van der Waals surface area contributed by atoms with Crippen LogP contribution in [0.5, 0.6) is 0 Å². The number of amides is 5. The van der Waals surface area contributed by atoms with Crippen LogP contribution in [0.25, 0.3) is 0 Å². The molecule has 2 heterocycles. The first-order chi connectivity index (χ1) is 15.2. The van der Waals surface area contributed by atoms with Crippen LogP contribution in [0.4, 0.5) is 28.4 Å². The number of hydrogen-bond acceptors (Lipinski definition) is 3. The first kappa shape index (κ1) is 21.7. The van der Waals surface area contributed by atoms with Gasteiger partial charge < -0.3 is 15.5 Å². The largest absolute Gasteiger partial charge is 0.416 e. The molecule has 2 aliphatic heterocycles. The molecule has 32 heavy (non-hydrogen) atoms. The lowest BCUT2D eigenvalue weighted by Gasteiger charge is -2.37. The van der Waals surface area contributed by atoms with E-state index in [1.54, 1.807) is 0 Å². The molecular weight excluding hydrogens is 425 g/mol. The van der Waals surface area contributed by atoms with Crippen LogP contribution in [0.3, 0.4) is 0 Å². The van der Waals surface area contributed by atoms with Crippen LogP contribution in [0, 0.1) is 0 Å². The molecular formula is C22H21F3N4O3. The molecule has 2 aliphatic rings. The zero-order valence-corrected chi connectivity index (χ0v) is 17.0. The Kier molecular flexibility index (Phi) is 5.53. The molecule has 1 spiro atoms. The van der Waals surface area contributed by atoms with Crippen molar-refractivity contribution in [2.24, 2.45) is 0 Å². The fraction of sp³-hybridized carbons (Fsp3) is 0.318. The summed E-state index contributed by atoms with van der Waals surface area (Å²) in [5, 5.41) is 5.25. The normalized spacial score (nSPS) is 18.1. The molecule has 4 rings (SSSR count). The minimum absolute atomic E-state index is 0.0318. The smallest absolute Gasteiger partial charge is 0.324 e. The lowest BCUT2D eigenvalue weighted by Crippen LogP contribution is -2.56.